The van der Waals surface area contributed by atoms with Crippen LogP contribution in [0.3, 0.4) is 0 Å². The van der Waals surface area contributed by atoms with Gasteiger partial charge in [0.1, 0.15) is 0 Å². The molecule has 1 saturated carbocycles. The Bertz CT molecular complexity index is 296. The molecule has 1 amide bonds. The second-order valence-corrected chi connectivity index (χ2v) is 6.82. The zero-order valence-electron chi connectivity index (χ0n) is 12.1. The minimum atomic E-state index is 0.433. The maximum absolute atomic E-state index is 12.5. The van der Waals surface area contributed by atoms with Gasteiger partial charge in [-0.1, -0.05) is 25.7 Å². The Hall–Kier alpha value is -0.570. The van der Waals surface area contributed by atoms with Crippen LogP contribution in [0, 0.1) is 11.8 Å². The van der Waals surface area contributed by atoms with Gasteiger partial charge in [0.2, 0.25) is 5.91 Å². The Morgan fingerprint density at radius 1 is 1.00 bits per heavy atom. The van der Waals surface area contributed by atoms with Crippen LogP contribution in [0.1, 0.15) is 57.8 Å². The van der Waals surface area contributed by atoms with E-state index in [1.54, 1.807) is 0 Å². The lowest BCUT2D eigenvalue weighted by Gasteiger charge is -2.24. The summed E-state index contributed by atoms with van der Waals surface area (Å²) in [5.74, 6) is 1.83. The smallest absolute Gasteiger partial charge is 0.222 e. The monoisotopic (exact) mass is 264 g/mol. The lowest BCUT2D eigenvalue weighted by molar-refractivity contribution is -0.131. The normalized spacial score (nSPS) is 32.9. The van der Waals surface area contributed by atoms with Crippen molar-refractivity contribution in [2.45, 2.75) is 63.8 Å². The number of hydrogen-bond donors (Lipinski definition) is 1. The first-order chi connectivity index (χ1) is 9.33. The average molecular weight is 264 g/mol. The number of nitrogens with one attached hydrogen (secondary N) is 1. The van der Waals surface area contributed by atoms with E-state index in [2.05, 4.69) is 10.2 Å². The fourth-order valence-electron chi connectivity index (χ4n) is 4.19. The number of amides is 1. The molecule has 108 valence electrons. The Labute approximate surface area is 117 Å². The van der Waals surface area contributed by atoms with Crippen LogP contribution in [-0.4, -0.2) is 36.5 Å². The number of hydrogen-bond acceptors (Lipinski definition) is 2. The molecule has 3 fully saturated rings. The van der Waals surface area contributed by atoms with Gasteiger partial charge in [-0.3, -0.25) is 4.79 Å². The third-order valence-electron chi connectivity index (χ3n) is 5.39. The zero-order chi connectivity index (χ0) is 13.1. The summed E-state index contributed by atoms with van der Waals surface area (Å²) in [4.78, 5) is 14.6. The van der Waals surface area contributed by atoms with Crippen LogP contribution < -0.4 is 5.32 Å². The third-order valence-corrected chi connectivity index (χ3v) is 5.39. The van der Waals surface area contributed by atoms with Crippen molar-refractivity contribution in [1.82, 2.24) is 10.2 Å². The van der Waals surface area contributed by atoms with Gasteiger partial charge in [0.05, 0.1) is 0 Å². The van der Waals surface area contributed by atoms with Crippen molar-refractivity contribution in [3.63, 3.8) is 0 Å². The van der Waals surface area contributed by atoms with E-state index in [1.165, 1.54) is 51.4 Å². The molecular formula is C16H28N2O. The summed E-state index contributed by atoms with van der Waals surface area (Å²) in [7, 11) is 0. The van der Waals surface area contributed by atoms with Crippen LogP contribution in [0.2, 0.25) is 0 Å². The predicted octanol–water partition coefficient (Wildman–Crippen LogP) is 2.56. The van der Waals surface area contributed by atoms with E-state index >= 15 is 0 Å². The van der Waals surface area contributed by atoms with Crippen molar-refractivity contribution in [1.29, 1.82) is 0 Å². The maximum Gasteiger partial charge on any atom is 0.222 e. The maximum atomic E-state index is 12.5. The number of nitrogens with zero attached hydrogens (tertiary/aromatic N) is 1. The Morgan fingerprint density at radius 3 is 2.53 bits per heavy atom. The van der Waals surface area contributed by atoms with E-state index < -0.39 is 0 Å². The molecular weight excluding hydrogens is 236 g/mol. The number of fused-ring (bicyclic) bond motifs is 1. The highest BCUT2D eigenvalue weighted by Crippen LogP contribution is 2.29. The number of carbonyl (C=O) groups excluding carboxylic acids is 1. The van der Waals surface area contributed by atoms with Crippen LogP contribution >= 0.6 is 0 Å². The van der Waals surface area contributed by atoms with Gasteiger partial charge >= 0.3 is 0 Å². The Balaban J connectivity index is 1.50. The highest BCUT2D eigenvalue weighted by molar-refractivity contribution is 5.76. The van der Waals surface area contributed by atoms with Crippen molar-refractivity contribution < 1.29 is 4.79 Å². The van der Waals surface area contributed by atoms with Crippen molar-refractivity contribution in [2.75, 3.05) is 19.6 Å². The molecule has 0 radical (unpaired) electrons. The van der Waals surface area contributed by atoms with Gasteiger partial charge in [0.25, 0.3) is 0 Å². The SMILES string of the molecule is O=C(CC1CCCCCC1)N1C[C@@H]2CCCN[C@@H]2C1. The number of carbonyl (C=O) groups is 1. The molecule has 3 rings (SSSR count). The fraction of sp³-hybridized carbons (Fsp3) is 0.938. The van der Waals surface area contributed by atoms with Crippen molar-refractivity contribution in [3.05, 3.63) is 0 Å². The molecule has 2 aliphatic heterocycles. The van der Waals surface area contributed by atoms with Crippen LogP contribution in [0.15, 0.2) is 0 Å². The molecule has 1 N–H and O–H groups in total. The molecule has 19 heavy (non-hydrogen) atoms. The zero-order valence-corrected chi connectivity index (χ0v) is 12.1. The average Bonchev–Trinajstić information content (AvgIpc) is 2.70. The first-order valence-corrected chi connectivity index (χ1v) is 8.34. The highest BCUT2D eigenvalue weighted by Gasteiger charge is 2.36. The number of likely N-dealkylation sites (tertiary alicyclic amines) is 1. The molecule has 2 atom stereocenters. The van der Waals surface area contributed by atoms with E-state index in [4.69, 9.17) is 0 Å². The number of rotatable bonds is 2. The van der Waals surface area contributed by atoms with Gasteiger partial charge < -0.3 is 10.2 Å². The quantitative estimate of drug-likeness (QED) is 0.777. The van der Waals surface area contributed by atoms with E-state index in [0.717, 1.165) is 32.0 Å². The van der Waals surface area contributed by atoms with Crippen LogP contribution in [0.5, 0.6) is 0 Å². The van der Waals surface area contributed by atoms with Crippen LogP contribution in [0.25, 0.3) is 0 Å². The first kappa shape index (κ1) is 13.4. The fourth-order valence-corrected chi connectivity index (χ4v) is 4.19. The predicted molar refractivity (Wildman–Crippen MR) is 76.9 cm³/mol. The summed E-state index contributed by atoms with van der Waals surface area (Å²) in [5.41, 5.74) is 0. The summed E-state index contributed by atoms with van der Waals surface area (Å²) in [6.45, 7) is 3.13. The van der Waals surface area contributed by atoms with Crippen molar-refractivity contribution in [2.24, 2.45) is 11.8 Å². The van der Waals surface area contributed by atoms with Gasteiger partial charge in [-0.05, 0) is 44.1 Å². The molecule has 3 heteroatoms. The standard InChI is InChI=1S/C16H28N2O/c19-16(10-13-6-3-1-2-4-7-13)18-11-14-8-5-9-17-15(14)12-18/h13-15,17H,1-12H2/t14-,15+/m0/s1. The minimum absolute atomic E-state index is 0.433. The van der Waals surface area contributed by atoms with Gasteiger partial charge in [-0.15, -0.1) is 0 Å². The summed E-state index contributed by atoms with van der Waals surface area (Å²) < 4.78 is 0. The summed E-state index contributed by atoms with van der Waals surface area (Å²) >= 11 is 0. The lowest BCUT2D eigenvalue weighted by atomic mass is 9.94. The van der Waals surface area contributed by atoms with E-state index in [9.17, 15) is 4.79 Å². The highest BCUT2D eigenvalue weighted by atomic mass is 16.2. The van der Waals surface area contributed by atoms with Gasteiger partial charge in [0.15, 0.2) is 0 Å². The molecule has 3 nitrogen and oxygen atoms in total. The number of piperidine rings is 1. The van der Waals surface area contributed by atoms with Crippen molar-refractivity contribution >= 4 is 5.91 Å². The molecule has 2 saturated heterocycles. The second kappa shape index (κ2) is 6.25. The largest absolute Gasteiger partial charge is 0.341 e. The Morgan fingerprint density at radius 2 is 1.79 bits per heavy atom. The van der Waals surface area contributed by atoms with E-state index in [0.29, 0.717) is 17.9 Å². The Kier molecular flexibility index (Phi) is 4.42. The van der Waals surface area contributed by atoms with Crippen LogP contribution in [0.4, 0.5) is 0 Å². The molecule has 0 aromatic rings. The molecule has 0 aromatic carbocycles. The van der Waals surface area contributed by atoms with Gasteiger partial charge in [-0.2, -0.15) is 0 Å². The topological polar surface area (TPSA) is 32.3 Å². The first-order valence-electron chi connectivity index (χ1n) is 8.34. The van der Waals surface area contributed by atoms with Crippen molar-refractivity contribution in [3.8, 4) is 0 Å². The molecule has 0 aromatic heterocycles. The van der Waals surface area contributed by atoms with Gasteiger partial charge in [0, 0.05) is 25.6 Å². The molecule has 1 aliphatic carbocycles. The molecule has 0 spiro atoms. The molecule has 0 bridgehead atoms. The van der Waals surface area contributed by atoms with E-state index in [1.807, 2.05) is 0 Å². The second-order valence-electron chi connectivity index (χ2n) is 6.82. The lowest BCUT2D eigenvalue weighted by Crippen LogP contribution is -2.41. The molecule has 3 aliphatic rings. The summed E-state index contributed by atoms with van der Waals surface area (Å²) in [6, 6.07) is 0.590. The van der Waals surface area contributed by atoms with Gasteiger partial charge in [-0.25, -0.2) is 0 Å². The summed E-state index contributed by atoms with van der Waals surface area (Å²) in [5, 5.41) is 3.59. The minimum Gasteiger partial charge on any atom is -0.341 e. The van der Waals surface area contributed by atoms with E-state index in [-0.39, 0.29) is 0 Å². The molecule has 2 heterocycles. The third kappa shape index (κ3) is 3.31. The van der Waals surface area contributed by atoms with Crippen LogP contribution in [-0.2, 0) is 4.79 Å². The molecule has 0 unspecified atom stereocenters. The summed E-state index contributed by atoms with van der Waals surface area (Å²) in [6.07, 6.45) is 11.4.